The zero-order valence-corrected chi connectivity index (χ0v) is 8.53. The van der Waals surface area contributed by atoms with E-state index in [1.54, 1.807) is 12.1 Å². The van der Waals surface area contributed by atoms with Crippen molar-refractivity contribution in [2.75, 3.05) is 17.7 Å². The lowest BCUT2D eigenvalue weighted by Gasteiger charge is -2.03. The van der Waals surface area contributed by atoms with Crippen LogP contribution in [0.5, 0.6) is 0 Å². The lowest BCUT2D eigenvalue weighted by atomic mass is 10.2. The zero-order valence-electron chi connectivity index (χ0n) is 7.77. The van der Waals surface area contributed by atoms with Crippen molar-refractivity contribution in [1.29, 1.82) is 0 Å². The molecule has 0 bridgehead atoms. The van der Waals surface area contributed by atoms with Gasteiger partial charge < -0.3 is 5.32 Å². The SMILES string of the molecule is O=NOC(=O)c1ccc(NCCCl)cc1. The highest BCUT2D eigenvalue weighted by Crippen LogP contribution is 2.10. The van der Waals surface area contributed by atoms with Gasteiger partial charge in [0.1, 0.15) is 0 Å². The van der Waals surface area contributed by atoms with E-state index in [9.17, 15) is 9.70 Å². The summed E-state index contributed by atoms with van der Waals surface area (Å²) in [5.74, 6) is -0.271. The molecule has 5 nitrogen and oxygen atoms in total. The van der Waals surface area contributed by atoms with Crippen molar-refractivity contribution in [3.63, 3.8) is 0 Å². The van der Waals surface area contributed by atoms with E-state index in [1.165, 1.54) is 12.1 Å². The lowest BCUT2D eigenvalue weighted by Crippen LogP contribution is -2.03. The van der Waals surface area contributed by atoms with Crippen molar-refractivity contribution < 1.29 is 9.63 Å². The Bertz CT molecular complexity index is 340. The second kappa shape index (κ2) is 5.98. The van der Waals surface area contributed by atoms with Gasteiger partial charge in [0, 0.05) is 18.1 Å². The topological polar surface area (TPSA) is 67.8 Å². The number of carbonyl (C=O) groups excluding carboxylic acids is 1. The van der Waals surface area contributed by atoms with Crippen LogP contribution in [-0.2, 0) is 4.84 Å². The van der Waals surface area contributed by atoms with Crippen LogP contribution in [0.3, 0.4) is 0 Å². The fourth-order valence-corrected chi connectivity index (χ4v) is 1.10. The first-order valence-corrected chi connectivity index (χ1v) is 4.75. The van der Waals surface area contributed by atoms with Gasteiger partial charge in [-0.3, -0.25) is 4.84 Å². The van der Waals surface area contributed by atoms with E-state index >= 15 is 0 Å². The standard InChI is InChI=1S/C9H9ClN2O3/c10-5-6-11-8-3-1-7(2-4-8)9(13)15-12-14/h1-4,11H,5-6H2. The molecule has 6 heteroatoms. The minimum Gasteiger partial charge on any atom is -0.384 e. The summed E-state index contributed by atoms with van der Waals surface area (Å²) in [7, 11) is 0. The molecular weight excluding hydrogens is 220 g/mol. The Hall–Kier alpha value is -1.62. The lowest BCUT2D eigenvalue weighted by molar-refractivity contribution is 0.0508. The molecule has 1 N–H and O–H groups in total. The van der Waals surface area contributed by atoms with Crippen molar-refractivity contribution in [1.82, 2.24) is 0 Å². The van der Waals surface area contributed by atoms with Gasteiger partial charge >= 0.3 is 5.97 Å². The van der Waals surface area contributed by atoms with Crippen molar-refractivity contribution in [2.45, 2.75) is 0 Å². The van der Waals surface area contributed by atoms with E-state index < -0.39 is 5.97 Å². The highest BCUT2D eigenvalue weighted by Gasteiger charge is 2.06. The molecule has 0 unspecified atom stereocenters. The molecule has 0 amide bonds. The number of rotatable bonds is 5. The van der Waals surface area contributed by atoms with Crippen LogP contribution in [0.1, 0.15) is 10.4 Å². The number of halogens is 1. The van der Waals surface area contributed by atoms with Gasteiger partial charge in [0.05, 0.1) is 5.56 Å². The summed E-state index contributed by atoms with van der Waals surface area (Å²) in [6, 6.07) is 6.44. The first kappa shape index (κ1) is 11.5. The second-order valence-corrected chi connectivity index (χ2v) is 3.02. The fraction of sp³-hybridized carbons (Fsp3) is 0.222. The minimum atomic E-state index is -0.770. The first-order chi connectivity index (χ1) is 7.27. The molecule has 0 saturated heterocycles. The van der Waals surface area contributed by atoms with Crippen molar-refractivity contribution in [3.05, 3.63) is 34.7 Å². The summed E-state index contributed by atoms with van der Waals surface area (Å²) in [4.78, 5) is 24.6. The molecule has 15 heavy (non-hydrogen) atoms. The predicted molar refractivity (Wildman–Crippen MR) is 56.9 cm³/mol. The maximum atomic E-state index is 11.0. The number of anilines is 1. The third-order valence-electron chi connectivity index (χ3n) is 1.66. The summed E-state index contributed by atoms with van der Waals surface area (Å²) in [6.45, 7) is 0.640. The van der Waals surface area contributed by atoms with E-state index in [0.29, 0.717) is 12.4 Å². The number of carbonyl (C=O) groups is 1. The maximum Gasteiger partial charge on any atom is 0.369 e. The molecule has 1 aromatic carbocycles. The summed E-state index contributed by atoms with van der Waals surface area (Å²) in [5.41, 5.74) is 1.11. The predicted octanol–water partition coefficient (Wildman–Crippen LogP) is 2.18. The van der Waals surface area contributed by atoms with Gasteiger partial charge in [0.2, 0.25) is 0 Å². The Morgan fingerprint density at radius 3 is 2.60 bits per heavy atom. The molecule has 0 heterocycles. The van der Waals surface area contributed by atoms with Crippen molar-refractivity contribution >= 4 is 23.3 Å². The van der Waals surface area contributed by atoms with Crippen LogP contribution >= 0.6 is 11.6 Å². The van der Waals surface area contributed by atoms with Gasteiger partial charge in [-0.1, -0.05) is 0 Å². The molecule has 0 fully saturated rings. The molecule has 0 saturated carbocycles. The first-order valence-electron chi connectivity index (χ1n) is 4.22. The molecule has 0 radical (unpaired) electrons. The molecule has 80 valence electrons. The Morgan fingerprint density at radius 1 is 1.40 bits per heavy atom. The number of hydrogen-bond acceptors (Lipinski definition) is 5. The van der Waals surface area contributed by atoms with Gasteiger partial charge in [-0.25, -0.2) is 4.79 Å². The number of alkyl halides is 1. The van der Waals surface area contributed by atoms with Gasteiger partial charge in [0.15, 0.2) is 5.34 Å². The number of nitrogens with one attached hydrogen (secondary N) is 1. The molecule has 1 aromatic rings. The number of benzene rings is 1. The molecule has 0 aliphatic carbocycles. The van der Waals surface area contributed by atoms with E-state index in [1.807, 2.05) is 0 Å². The van der Waals surface area contributed by atoms with Crippen LogP contribution in [0.15, 0.2) is 29.6 Å². The molecule has 0 atom stereocenters. The highest BCUT2D eigenvalue weighted by molar-refractivity contribution is 6.18. The molecular formula is C9H9ClN2O3. The van der Waals surface area contributed by atoms with Crippen LogP contribution in [0.25, 0.3) is 0 Å². The van der Waals surface area contributed by atoms with E-state index in [0.717, 1.165) is 5.69 Å². The van der Waals surface area contributed by atoms with Gasteiger partial charge in [-0.2, -0.15) is 0 Å². The van der Waals surface area contributed by atoms with Crippen molar-refractivity contribution in [3.8, 4) is 0 Å². The molecule has 0 aliphatic rings. The van der Waals surface area contributed by atoms with Gasteiger partial charge in [-0.15, -0.1) is 16.5 Å². The summed E-state index contributed by atoms with van der Waals surface area (Å²) >= 11 is 5.49. The average Bonchev–Trinajstić information content (AvgIpc) is 2.27. The zero-order chi connectivity index (χ0) is 11.1. The van der Waals surface area contributed by atoms with Crippen LogP contribution < -0.4 is 5.32 Å². The van der Waals surface area contributed by atoms with Crippen LogP contribution in [0.2, 0.25) is 0 Å². The Labute approximate surface area is 91.3 Å². The van der Waals surface area contributed by atoms with Crippen LogP contribution in [0.4, 0.5) is 5.69 Å². The second-order valence-electron chi connectivity index (χ2n) is 2.65. The molecule has 0 aliphatic heterocycles. The molecule has 1 rings (SSSR count). The summed E-state index contributed by atoms with van der Waals surface area (Å²) in [5, 5.41) is 5.07. The van der Waals surface area contributed by atoms with E-state index in [-0.39, 0.29) is 5.56 Å². The fourth-order valence-electron chi connectivity index (χ4n) is 1.00. The maximum absolute atomic E-state index is 11.0. The molecule has 0 aromatic heterocycles. The Morgan fingerprint density at radius 2 is 2.07 bits per heavy atom. The number of nitrogens with zero attached hydrogens (tertiary/aromatic N) is 1. The van der Waals surface area contributed by atoms with Crippen LogP contribution in [0, 0.1) is 4.91 Å². The Balaban J connectivity index is 2.63. The Kier molecular flexibility index (Phi) is 4.56. The minimum absolute atomic E-state index is 0.269. The monoisotopic (exact) mass is 228 g/mol. The number of hydrogen-bond donors (Lipinski definition) is 1. The smallest absolute Gasteiger partial charge is 0.369 e. The third kappa shape index (κ3) is 3.55. The normalized spacial score (nSPS) is 9.40. The van der Waals surface area contributed by atoms with Crippen LogP contribution in [-0.4, -0.2) is 18.4 Å². The highest BCUT2D eigenvalue weighted by atomic mass is 35.5. The summed E-state index contributed by atoms with van der Waals surface area (Å²) < 4.78 is 0. The third-order valence-corrected chi connectivity index (χ3v) is 1.85. The quantitative estimate of drug-likeness (QED) is 0.477. The largest absolute Gasteiger partial charge is 0.384 e. The molecule has 0 spiro atoms. The average molecular weight is 229 g/mol. The van der Waals surface area contributed by atoms with Gasteiger partial charge in [0.25, 0.3) is 0 Å². The van der Waals surface area contributed by atoms with E-state index in [2.05, 4.69) is 15.5 Å². The van der Waals surface area contributed by atoms with Crippen molar-refractivity contribution in [2.24, 2.45) is 5.34 Å². The summed E-state index contributed by atoms with van der Waals surface area (Å²) in [6.07, 6.45) is 0. The van der Waals surface area contributed by atoms with E-state index in [4.69, 9.17) is 11.6 Å². The van der Waals surface area contributed by atoms with Gasteiger partial charge in [-0.05, 0) is 24.3 Å².